The zero-order valence-corrected chi connectivity index (χ0v) is 18.0. The van der Waals surface area contributed by atoms with E-state index in [4.69, 9.17) is 23.7 Å². The summed E-state index contributed by atoms with van der Waals surface area (Å²) in [6.45, 7) is 1.88. The number of hydrogen-bond donors (Lipinski definition) is 1. The lowest BCUT2D eigenvalue weighted by Gasteiger charge is -2.39. The normalized spacial score (nSPS) is 18.3. The summed E-state index contributed by atoms with van der Waals surface area (Å²) in [6, 6.07) is 16.8. The van der Waals surface area contributed by atoms with E-state index in [0.717, 1.165) is 11.3 Å². The average Bonchev–Trinajstić information content (AvgIpc) is 2.87. The fraction of sp³-hybridized carbons (Fsp3) is 0.240. The molecule has 1 amide bonds. The summed E-state index contributed by atoms with van der Waals surface area (Å²) in [5.41, 5.74) is 2.84. The van der Waals surface area contributed by atoms with Crippen LogP contribution in [0.5, 0.6) is 28.7 Å². The summed E-state index contributed by atoms with van der Waals surface area (Å²) in [7, 11) is 1.59. The van der Waals surface area contributed by atoms with Crippen molar-refractivity contribution in [3.63, 3.8) is 0 Å². The zero-order valence-electron chi connectivity index (χ0n) is 18.0. The van der Waals surface area contributed by atoms with Gasteiger partial charge in [-0.3, -0.25) is 9.69 Å². The van der Waals surface area contributed by atoms with Gasteiger partial charge in [0.2, 0.25) is 5.75 Å². The third-order valence-corrected chi connectivity index (χ3v) is 5.90. The molecular weight excluding hydrogens is 424 g/mol. The van der Waals surface area contributed by atoms with Crippen LogP contribution in [-0.4, -0.2) is 39.4 Å². The maximum atomic E-state index is 13.7. The van der Waals surface area contributed by atoms with Gasteiger partial charge in [0.1, 0.15) is 32.6 Å². The van der Waals surface area contributed by atoms with E-state index in [1.165, 1.54) is 0 Å². The molecule has 0 radical (unpaired) electrons. The van der Waals surface area contributed by atoms with Gasteiger partial charge in [-0.15, -0.1) is 0 Å². The van der Waals surface area contributed by atoms with Crippen LogP contribution in [0.3, 0.4) is 0 Å². The van der Waals surface area contributed by atoms with Crippen molar-refractivity contribution in [1.29, 1.82) is 0 Å². The number of benzene rings is 3. The molecule has 0 aliphatic carbocycles. The monoisotopic (exact) mass is 446 g/mol. The molecule has 0 bridgehead atoms. The van der Waals surface area contributed by atoms with E-state index in [9.17, 15) is 4.79 Å². The smallest absolute Gasteiger partial charge is 0.262 e. The van der Waals surface area contributed by atoms with Gasteiger partial charge in [0.05, 0.1) is 18.4 Å². The summed E-state index contributed by atoms with van der Waals surface area (Å²) in [4.78, 5) is 15.5. The number of carbonyl (C=O) groups is 1. The fourth-order valence-corrected chi connectivity index (χ4v) is 4.39. The van der Waals surface area contributed by atoms with Crippen molar-refractivity contribution in [2.75, 3.05) is 43.8 Å². The van der Waals surface area contributed by atoms with E-state index < -0.39 is 6.17 Å². The summed E-state index contributed by atoms with van der Waals surface area (Å²) < 4.78 is 28.6. The molecule has 3 aromatic carbocycles. The second-order valence-electron chi connectivity index (χ2n) is 7.84. The Kier molecular flexibility index (Phi) is 4.64. The average molecular weight is 446 g/mol. The predicted octanol–water partition coefficient (Wildman–Crippen LogP) is 4.01. The number of nitrogens with one attached hydrogen (secondary N) is 1. The highest BCUT2D eigenvalue weighted by molar-refractivity contribution is 6.12. The molecule has 33 heavy (non-hydrogen) atoms. The van der Waals surface area contributed by atoms with Crippen LogP contribution in [0.15, 0.2) is 54.6 Å². The van der Waals surface area contributed by atoms with E-state index in [1.807, 2.05) is 54.6 Å². The molecule has 3 aliphatic heterocycles. The molecule has 8 nitrogen and oxygen atoms in total. The Morgan fingerprint density at radius 2 is 1.64 bits per heavy atom. The standard InChI is InChI=1S/C25H22N2O6/c1-29-21-12-15(13-22-23(21)33-11-10-32-22)24-26-18-5-3-2-4-17(18)25(28)27(24)16-6-7-19-20(14-16)31-9-8-30-19/h2-7,12-14,24,26H,8-11H2,1H3. The Morgan fingerprint density at radius 3 is 2.48 bits per heavy atom. The fourth-order valence-electron chi connectivity index (χ4n) is 4.39. The number of methoxy groups -OCH3 is 1. The Balaban J connectivity index is 1.50. The van der Waals surface area contributed by atoms with E-state index in [0.29, 0.717) is 66.4 Å². The Labute approximate surface area is 190 Å². The Hall–Kier alpha value is -4.07. The third-order valence-electron chi connectivity index (χ3n) is 5.90. The SMILES string of the molecule is COc1cc(C2Nc3ccccc3C(=O)N2c2ccc3c(c2)OCCO3)cc2c1OCCO2. The van der Waals surface area contributed by atoms with Gasteiger partial charge < -0.3 is 29.0 Å². The lowest BCUT2D eigenvalue weighted by molar-refractivity contribution is 0.0974. The third kappa shape index (κ3) is 3.26. The molecule has 0 saturated heterocycles. The summed E-state index contributed by atoms with van der Waals surface area (Å²) in [6.07, 6.45) is -0.514. The molecule has 3 aliphatic rings. The first-order valence-electron chi connectivity index (χ1n) is 10.8. The molecule has 3 aromatic rings. The molecular formula is C25H22N2O6. The van der Waals surface area contributed by atoms with Gasteiger partial charge in [0, 0.05) is 17.3 Å². The Bertz CT molecular complexity index is 1230. The summed E-state index contributed by atoms with van der Waals surface area (Å²) in [5, 5.41) is 3.51. The number of ether oxygens (including phenoxy) is 5. The first-order chi connectivity index (χ1) is 16.2. The zero-order chi connectivity index (χ0) is 22.4. The number of carbonyl (C=O) groups excluding carboxylic acids is 1. The maximum absolute atomic E-state index is 13.7. The Morgan fingerprint density at radius 1 is 0.879 bits per heavy atom. The van der Waals surface area contributed by atoms with Crippen LogP contribution in [-0.2, 0) is 0 Å². The maximum Gasteiger partial charge on any atom is 0.262 e. The molecule has 168 valence electrons. The van der Waals surface area contributed by atoms with Crippen LogP contribution < -0.4 is 33.9 Å². The van der Waals surface area contributed by atoms with Crippen molar-refractivity contribution in [3.8, 4) is 28.7 Å². The van der Waals surface area contributed by atoms with Crippen LogP contribution in [0.25, 0.3) is 0 Å². The van der Waals surface area contributed by atoms with Crippen molar-refractivity contribution in [3.05, 3.63) is 65.7 Å². The van der Waals surface area contributed by atoms with Crippen molar-refractivity contribution in [2.45, 2.75) is 6.17 Å². The number of hydrogen-bond acceptors (Lipinski definition) is 7. The first-order valence-corrected chi connectivity index (χ1v) is 10.8. The molecule has 3 heterocycles. The van der Waals surface area contributed by atoms with E-state index in [1.54, 1.807) is 12.0 Å². The van der Waals surface area contributed by atoms with Gasteiger partial charge in [0.15, 0.2) is 23.0 Å². The second-order valence-corrected chi connectivity index (χ2v) is 7.84. The molecule has 8 heteroatoms. The van der Waals surface area contributed by atoms with E-state index in [-0.39, 0.29) is 5.91 Å². The predicted molar refractivity (Wildman–Crippen MR) is 121 cm³/mol. The quantitative estimate of drug-likeness (QED) is 0.651. The van der Waals surface area contributed by atoms with Gasteiger partial charge in [-0.2, -0.15) is 0 Å². The highest BCUT2D eigenvalue weighted by Gasteiger charge is 2.36. The highest BCUT2D eigenvalue weighted by Crippen LogP contribution is 2.45. The molecule has 0 fully saturated rings. The largest absolute Gasteiger partial charge is 0.493 e. The highest BCUT2D eigenvalue weighted by atomic mass is 16.6. The minimum Gasteiger partial charge on any atom is -0.493 e. The number of para-hydroxylation sites is 1. The number of amides is 1. The number of fused-ring (bicyclic) bond motifs is 3. The van der Waals surface area contributed by atoms with Crippen molar-refractivity contribution in [1.82, 2.24) is 0 Å². The van der Waals surface area contributed by atoms with Crippen LogP contribution in [0.4, 0.5) is 11.4 Å². The molecule has 6 rings (SSSR count). The lowest BCUT2D eigenvalue weighted by Crippen LogP contribution is -2.43. The van der Waals surface area contributed by atoms with Crippen LogP contribution >= 0.6 is 0 Å². The molecule has 0 saturated carbocycles. The number of anilines is 2. The van der Waals surface area contributed by atoms with E-state index >= 15 is 0 Å². The molecule has 1 N–H and O–H groups in total. The van der Waals surface area contributed by atoms with Gasteiger partial charge in [-0.25, -0.2) is 0 Å². The number of rotatable bonds is 3. The van der Waals surface area contributed by atoms with Crippen molar-refractivity contribution < 1.29 is 28.5 Å². The molecule has 1 unspecified atom stereocenters. The topological polar surface area (TPSA) is 78.5 Å². The molecule has 0 spiro atoms. The van der Waals surface area contributed by atoms with Gasteiger partial charge in [-0.1, -0.05) is 12.1 Å². The molecule has 0 aromatic heterocycles. The minimum absolute atomic E-state index is 0.125. The van der Waals surface area contributed by atoms with Crippen LogP contribution in [0, 0.1) is 0 Å². The van der Waals surface area contributed by atoms with Crippen LogP contribution in [0.1, 0.15) is 22.1 Å². The minimum atomic E-state index is -0.514. The van der Waals surface area contributed by atoms with Gasteiger partial charge in [0.25, 0.3) is 5.91 Å². The van der Waals surface area contributed by atoms with Gasteiger partial charge >= 0.3 is 0 Å². The first kappa shape index (κ1) is 19.6. The van der Waals surface area contributed by atoms with Gasteiger partial charge in [-0.05, 0) is 36.4 Å². The molecule has 1 atom stereocenters. The lowest BCUT2D eigenvalue weighted by atomic mass is 10.0. The second kappa shape index (κ2) is 7.81. The van der Waals surface area contributed by atoms with Crippen molar-refractivity contribution in [2.24, 2.45) is 0 Å². The van der Waals surface area contributed by atoms with Crippen molar-refractivity contribution >= 4 is 17.3 Å². The summed E-state index contributed by atoms with van der Waals surface area (Å²) >= 11 is 0. The summed E-state index contributed by atoms with van der Waals surface area (Å²) in [5.74, 6) is 2.87. The van der Waals surface area contributed by atoms with Crippen LogP contribution in [0.2, 0.25) is 0 Å². The number of nitrogens with zero attached hydrogens (tertiary/aromatic N) is 1. The van der Waals surface area contributed by atoms with E-state index in [2.05, 4.69) is 5.32 Å².